The fourth-order valence-corrected chi connectivity index (χ4v) is 2.81. The molecule has 0 saturated heterocycles. The van der Waals surface area contributed by atoms with E-state index in [0.29, 0.717) is 11.8 Å². The predicted molar refractivity (Wildman–Crippen MR) is 74.5 cm³/mol. The molecule has 100 valence electrons. The molecule has 0 saturated carbocycles. The van der Waals surface area contributed by atoms with Gasteiger partial charge in [-0.2, -0.15) is 4.98 Å². The number of hydrogen-bond acceptors (Lipinski definition) is 3. The Morgan fingerprint density at radius 2 is 2.11 bits per heavy atom. The minimum Gasteiger partial charge on any atom is -0.339 e. The zero-order valence-corrected chi connectivity index (χ0v) is 11.6. The smallest absolute Gasteiger partial charge is 0.226 e. The number of nitrogens with zero attached hydrogens (tertiary/aromatic N) is 2. The second-order valence-corrected chi connectivity index (χ2v) is 5.43. The molecule has 1 heterocycles. The predicted octanol–water partition coefficient (Wildman–Crippen LogP) is 3.51. The minimum absolute atomic E-state index is 0.392. The quantitative estimate of drug-likeness (QED) is 0.802. The highest BCUT2D eigenvalue weighted by atomic mass is 35.5. The van der Waals surface area contributed by atoms with Crippen LogP contribution in [0, 0.1) is 0 Å². The molecular formula is C15H17ClN2O. The first-order valence-electron chi connectivity index (χ1n) is 6.82. The molecule has 1 aromatic carbocycles. The summed E-state index contributed by atoms with van der Waals surface area (Å²) in [7, 11) is 0. The Balaban J connectivity index is 1.72. The molecule has 1 aromatic heterocycles. The number of alkyl halides is 1. The van der Waals surface area contributed by atoms with Gasteiger partial charge in [-0.05, 0) is 36.8 Å². The van der Waals surface area contributed by atoms with E-state index in [-0.39, 0.29) is 0 Å². The van der Waals surface area contributed by atoms with Crippen LogP contribution in [-0.4, -0.2) is 16.0 Å². The first-order valence-corrected chi connectivity index (χ1v) is 7.35. The van der Waals surface area contributed by atoms with Crippen molar-refractivity contribution < 1.29 is 4.52 Å². The molecule has 19 heavy (non-hydrogen) atoms. The van der Waals surface area contributed by atoms with Gasteiger partial charge in [-0.3, -0.25) is 0 Å². The maximum Gasteiger partial charge on any atom is 0.226 e. The largest absolute Gasteiger partial charge is 0.339 e. The second-order valence-electron chi connectivity index (χ2n) is 5.05. The molecule has 4 heteroatoms. The van der Waals surface area contributed by atoms with Crippen molar-refractivity contribution in [2.45, 2.75) is 38.0 Å². The number of halogens is 1. The lowest BCUT2D eigenvalue weighted by Crippen LogP contribution is -2.13. The standard InChI is InChI=1S/C15H17ClN2O/c16-9-3-6-14-17-15(18-19-14)13-8-7-11-4-1-2-5-12(11)10-13/h1-2,4-5,13H,3,6-10H2. The highest BCUT2D eigenvalue weighted by molar-refractivity contribution is 6.17. The van der Waals surface area contributed by atoms with Gasteiger partial charge in [0.15, 0.2) is 5.82 Å². The molecule has 0 N–H and O–H groups in total. The average molecular weight is 277 g/mol. The summed E-state index contributed by atoms with van der Waals surface area (Å²) < 4.78 is 5.29. The van der Waals surface area contributed by atoms with Crippen molar-refractivity contribution in [3.8, 4) is 0 Å². The Bertz CT molecular complexity index is 553. The highest BCUT2D eigenvalue weighted by Gasteiger charge is 2.23. The van der Waals surface area contributed by atoms with Crippen LogP contribution >= 0.6 is 11.6 Å². The van der Waals surface area contributed by atoms with Gasteiger partial charge in [0.05, 0.1) is 0 Å². The maximum atomic E-state index is 5.67. The summed E-state index contributed by atoms with van der Waals surface area (Å²) in [5.41, 5.74) is 2.88. The third-order valence-corrected chi connectivity index (χ3v) is 3.99. The third-order valence-electron chi connectivity index (χ3n) is 3.72. The lowest BCUT2D eigenvalue weighted by Gasteiger charge is -2.21. The first kappa shape index (κ1) is 12.7. The average Bonchev–Trinajstić information content (AvgIpc) is 2.93. The molecular weight excluding hydrogens is 260 g/mol. The van der Waals surface area contributed by atoms with Crippen molar-refractivity contribution in [3.05, 3.63) is 47.1 Å². The van der Waals surface area contributed by atoms with Gasteiger partial charge in [-0.1, -0.05) is 29.4 Å². The molecule has 0 bridgehead atoms. The molecule has 0 radical (unpaired) electrons. The minimum atomic E-state index is 0.392. The number of hydrogen-bond donors (Lipinski definition) is 0. The molecule has 1 aliphatic rings. The zero-order valence-electron chi connectivity index (χ0n) is 10.8. The summed E-state index contributed by atoms with van der Waals surface area (Å²) in [6.07, 6.45) is 4.89. The highest BCUT2D eigenvalue weighted by Crippen LogP contribution is 2.31. The van der Waals surface area contributed by atoms with Crippen molar-refractivity contribution in [1.82, 2.24) is 10.1 Å². The molecule has 2 aromatic rings. The Morgan fingerprint density at radius 1 is 1.26 bits per heavy atom. The Morgan fingerprint density at radius 3 is 2.95 bits per heavy atom. The number of aryl methyl sites for hydroxylation is 2. The van der Waals surface area contributed by atoms with E-state index in [1.54, 1.807) is 0 Å². The van der Waals surface area contributed by atoms with E-state index in [4.69, 9.17) is 16.1 Å². The molecule has 3 rings (SSSR count). The van der Waals surface area contributed by atoms with Gasteiger partial charge in [0, 0.05) is 18.2 Å². The second kappa shape index (κ2) is 5.74. The summed E-state index contributed by atoms with van der Waals surface area (Å²) in [6, 6.07) is 8.63. The molecule has 1 aliphatic carbocycles. The third kappa shape index (κ3) is 2.81. The Kier molecular flexibility index (Phi) is 3.83. The summed E-state index contributed by atoms with van der Waals surface area (Å²) in [6.45, 7) is 0. The van der Waals surface area contributed by atoms with Crippen LogP contribution in [0.5, 0.6) is 0 Å². The van der Waals surface area contributed by atoms with Crippen molar-refractivity contribution in [2.75, 3.05) is 5.88 Å². The van der Waals surface area contributed by atoms with Gasteiger partial charge >= 0.3 is 0 Å². The lowest BCUT2D eigenvalue weighted by atomic mass is 9.83. The fourth-order valence-electron chi connectivity index (χ4n) is 2.67. The normalized spacial score (nSPS) is 18.3. The van der Waals surface area contributed by atoms with Crippen LogP contribution in [0.2, 0.25) is 0 Å². The molecule has 1 atom stereocenters. The Labute approximate surface area is 118 Å². The maximum absolute atomic E-state index is 5.67. The van der Waals surface area contributed by atoms with E-state index in [9.17, 15) is 0 Å². The molecule has 0 spiro atoms. The van der Waals surface area contributed by atoms with Gasteiger partial charge in [0.25, 0.3) is 0 Å². The molecule has 1 unspecified atom stereocenters. The van der Waals surface area contributed by atoms with Gasteiger partial charge in [0.2, 0.25) is 5.89 Å². The van der Waals surface area contributed by atoms with E-state index >= 15 is 0 Å². The lowest BCUT2D eigenvalue weighted by molar-refractivity contribution is 0.366. The van der Waals surface area contributed by atoms with Crippen LogP contribution in [0.1, 0.15) is 41.6 Å². The van der Waals surface area contributed by atoms with Crippen LogP contribution in [-0.2, 0) is 19.3 Å². The fraction of sp³-hybridized carbons (Fsp3) is 0.467. The molecule has 0 aliphatic heterocycles. The number of aromatic nitrogens is 2. The van der Waals surface area contributed by atoms with E-state index in [1.165, 1.54) is 11.1 Å². The molecule has 0 fully saturated rings. The van der Waals surface area contributed by atoms with Crippen LogP contribution < -0.4 is 0 Å². The topological polar surface area (TPSA) is 38.9 Å². The monoisotopic (exact) mass is 276 g/mol. The van der Waals surface area contributed by atoms with E-state index in [1.807, 2.05) is 0 Å². The van der Waals surface area contributed by atoms with Crippen LogP contribution in [0.3, 0.4) is 0 Å². The summed E-state index contributed by atoms with van der Waals surface area (Å²) in [5.74, 6) is 2.60. The van der Waals surface area contributed by atoms with E-state index in [2.05, 4.69) is 34.4 Å². The SMILES string of the molecule is ClCCCc1nc(C2CCc3ccccc3C2)no1. The zero-order chi connectivity index (χ0) is 13.1. The summed E-state index contributed by atoms with van der Waals surface area (Å²) in [5, 5.41) is 4.14. The summed E-state index contributed by atoms with van der Waals surface area (Å²) in [4.78, 5) is 4.51. The number of rotatable bonds is 4. The summed E-state index contributed by atoms with van der Waals surface area (Å²) >= 11 is 5.67. The van der Waals surface area contributed by atoms with Gasteiger partial charge in [0.1, 0.15) is 0 Å². The Hall–Kier alpha value is -1.35. The van der Waals surface area contributed by atoms with Gasteiger partial charge in [-0.25, -0.2) is 0 Å². The van der Waals surface area contributed by atoms with E-state index in [0.717, 1.165) is 43.8 Å². The van der Waals surface area contributed by atoms with Gasteiger partial charge in [-0.15, -0.1) is 11.6 Å². The molecule has 3 nitrogen and oxygen atoms in total. The van der Waals surface area contributed by atoms with E-state index < -0.39 is 0 Å². The van der Waals surface area contributed by atoms with Crippen molar-refractivity contribution in [3.63, 3.8) is 0 Å². The number of fused-ring (bicyclic) bond motifs is 1. The van der Waals surface area contributed by atoms with Crippen molar-refractivity contribution in [2.24, 2.45) is 0 Å². The number of benzene rings is 1. The molecule has 0 amide bonds. The van der Waals surface area contributed by atoms with Crippen LogP contribution in [0.4, 0.5) is 0 Å². The van der Waals surface area contributed by atoms with Crippen molar-refractivity contribution in [1.29, 1.82) is 0 Å². The van der Waals surface area contributed by atoms with Crippen LogP contribution in [0.25, 0.3) is 0 Å². The van der Waals surface area contributed by atoms with Gasteiger partial charge < -0.3 is 4.52 Å². The van der Waals surface area contributed by atoms with Crippen molar-refractivity contribution >= 4 is 11.6 Å². The van der Waals surface area contributed by atoms with Crippen LogP contribution in [0.15, 0.2) is 28.8 Å². The first-order chi connectivity index (χ1) is 9.36.